The van der Waals surface area contributed by atoms with Crippen molar-refractivity contribution in [2.24, 2.45) is 0 Å². The number of hydrogen-bond donors (Lipinski definition) is 1. The van der Waals surface area contributed by atoms with Crippen molar-refractivity contribution in [2.45, 2.75) is 18.4 Å². The number of anilines is 2. The monoisotopic (exact) mass is 499 g/mol. The van der Waals surface area contributed by atoms with Gasteiger partial charge in [-0.1, -0.05) is 29.4 Å². The predicted octanol–water partition coefficient (Wildman–Crippen LogP) is 2.51. The SMILES string of the molecule is Cc1ccccc1-c1noc(CNc2cc(S(=O)(=O)N3CCOCC3)ccc2N2CCOCC2)n1. The minimum absolute atomic E-state index is 0.241. The standard InChI is InChI=1S/C24H29N5O5S/c1-18-4-2-3-5-20(18)24-26-23(34-27-24)17-25-21-16-19(35(30,31)29-10-14-33-15-11-29)6-7-22(21)28-8-12-32-13-9-28/h2-7,16,25H,8-15,17H2,1H3. The van der Waals surface area contributed by atoms with Gasteiger partial charge < -0.3 is 24.2 Å². The van der Waals surface area contributed by atoms with Crippen LogP contribution in [0, 0.1) is 6.92 Å². The summed E-state index contributed by atoms with van der Waals surface area (Å²) in [6, 6.07) is 13.1. The molecule has 1 aromatic heterocycles. The molecule has 3 aromatic rings. The van der Waals surface area contributed by atoms with Crippen LogP contribution in [0.25, 0.3) is 11.4 Å². The molecule has 3 heterocycles. The summed E-state index contributed by atoms with van der Waals surface area (Å²) in [7, 11) is -3.63. The molecule has 11 heteroatoms. The van der Waals surface area contributed by atoms with Crippen LogP contribution >= 0.6 is 0 Å². The highest BCUT2D eigenvalue weighted by Crippen LogP contribution is 2.31. The van der Waals surface area contributed by atoms with E-state index in [1.54, 1.807) is 12.1 Å². The van der Waals surface area contributed by atoms with Gasteiger partial charge in [0.05, 0.1) is 49.2 Å². The summed E-state index contributed by atoms with van der Waals surface area (Å²) < 4.78 is 44.3. The second-order valence-electron chi connectivity index (χ2n) is 8.48. The third-order valence-corrected chi connectivity index (χ3v) is 8.11. The van der Waals surface area contributed by atoms with E-state index in [2.05, 4.69) is 20.4 Å². The van der Waals surface area contributed by atoms with Gasteiger partial charge in [-0.2, -0.15) is 9.29 Å². The molecule has 1 N–H and O–H groups in total. The fraction of sp³-hybridized carbons (Fsp3) is 0.417. The van der Waals surface area contributed by atoms with Gasteiger partial charge >= 0.3 is 0 Å². The number of benzene rings is 2. The minimum Gasteiger partial charge on any atom is -0.379 e. The second kappa shape index (κ2) is 10.3. The zero-order valence-corrected chi connectivity index (χ0v) is 20.5. The molecule has 0 radical (unpaired) electrons. The van der Waals surface area contributed by atoms with E-state index in [0.717, 1.165) is 29.9 Å². The van der Waals surface area contributed by atoms with Crippen molar-refractivity contribution in [3.8, 4) is 11.4 Å². The largest absolute Gasteiger partial charge is 0.379 e. The summed E-state index contributed by atoms with van der Waals surface area (Å²) in [6.07, 6.45) is 0. The summed E-state index contributed by atoms with van der Waals surface area (Å²) in [5, 5.41) is 7.46. The van der Waals surface area contributed by atoms with E-state index in [1.165, 1.54) is 4.31 Å². The van der Waals surface area contributed by atoms with Crippen LogP contribution < -0.4 is 10.2 Å². The van der Waals surface area contributed by atoms with Crippen LogP contribution in [0.15, 0.2) is 51.9 Å². The lowest BCUT2D eigenvalue weighted by Gasteiger charge is -2.31. The van der Waals surface area contributed by atoms with Crippen LogP contribution in [0.3, 0.4) is 0 Å². The first-order valence-electron chi connectivity index (χ1n) is 11.7. The molecule has 2 aliphatic heterocycles. The number of aromatic nitrogens is 2. The maximum absolute atomic E-state index is 13.3. The van der Waals surface area contributed by atoms with Crippen molar-refractivity contribution < 1.29 is 22.4 Å². The quantitative estimate of drug-likeness (QED) is 0.524. The number of nitrogens with zero attached hydrogens (tertiary/aromatic N) is 4. The molecule has 0 aliphatic carbocycles. The predicted molar refractivity (Wildman–Crippen MR) is 131 cm³/mol. The van der Waals surface area contributed by atoms with E-state index in [1.807, 2.05) is 37.3 Å². The lowest BCUT2D eigenvalue weighted by Crippen LogP contribution is -2.40. The van der Waals surface area contributed by atoms with Gasteiger partial charge in [0, 0.05) is 31.7 Å². The molecular weight excluding hydrogens is 470 g/mol. The molecule has 2 aliphatic rings. The number of ether oxygens (including phenoxy) is 2. The Labute approximate surface area is 204 Å². The lowest BCUT2D eigenvalue weighted by molar-refractivity contribution is 0.0730. The minimum atomic E-state index is -3.63. The molecule has 0 atom stereocenters. The second-order valence-corrected chi connectivity index (χ2v) is 10.4. The molecule has 2 aromatic carbocycles. The molecule has 0 spiro atoms. The first-order valence-corrected chi connectivity index (χ1v) is 13.1. The van der Waals surface area contributed by atoms with Crippen LogP contribution in [-0.2, 0) is 26.0 Å². The topological polar surface area (TPSA) is 110 Å². The summed E-state index contributed by atoms with van der Waals surface area (Å²) in [5.74, 6) is 0.939. The normalized spacial score (nSPS) is 17.5. The third-order valence-electron chi connectivity index (χ3n) is 6.21. The molecule has 0 amide bonds. The molecule has 186 valence electrons. The smallest absolute Gasteiger partial charge is 0.246 e. The van der Waals surface area contributed by atoms with E-state index in [0.29, 0.717) is 56.9 Å². The Morgan fingerprint density at radius 1 is 0.971 bits per heavy atom. The first kappa shape index (κ1) is 23.7. The van der Waals surface area contributed by atoms with E-state index >= 15 is 0 Å². The number of nitrogens with one attached hydrogen (secondary N) is 1. The van der Waals surface area contributed by atoms with Gasteiger partial charge in [0.1, 0.15) is 0 Å². The van der Waals surface area contributed by atoms with E-state index in [-0.39, 0.29) is 11.4 Å². The highest BCUT2D eigenvalue weighted by atomic mass is 32.2. The Balaban J connectivity index is 1.41. The van der Waals surface area contributed by atoms with Crippen molar-refractivity contribution in [1.82, 2.24) is 14.4 Å². The molecule has 0 bridgehead atoms. The number of morpholine rings is 2. The van der Waals surface area contributed by atoms with Gasteiger partial charge in [-0.15, -0.1) is 0 Å². The van der Waals surface area contributed by atoms with Crippen LogP contribution in [0.1, 0.15) is 11.5 Å². The molecule has 2 fully saturated rings. The highest BCUT2D eigenvalue weighted by molar-refractivity contribution is 7.89. The zero-order valence-electron chi connectivity index (χ0n) is 19.6. The van der Waals surface area contributed by atoms with Crippen molar-refractivity contribution >= 4 is 21.4 Å². The zero-order chi connectivity index (χ0) is 24.3. The van der Waals surface area contributed by atoms with Crippen molar-refractivity contribution in [1.29, 1.82) is 0 Å². The Morgan fingerprint density at radius 3 is 2.43 bits per heavy atom. The average molecular weight is 500 g/mol. The molecule has 35 heavy (non-hydrogen) atoms. The van der Waals surface area contributed by atoms with Crippen molar-refractivity contribution in [3.63, 3.8) is 0 Å². The molecule has 0 saturated carbocycles. The highest BCUT2D eigenvalue weighted by Gasteiger charge is 2.28. The summed E-state index contributed by atoms with van der Waals surface area (Å²) >= 11 is 0. The summed E-state index contributed by atoms with van der Waals surface area (Å²) in [4.78, 5) is 6.95. The number of aryl methyl sites for hydroxylation is 1. The van der Waals surface area contributed by atoms with Gasteiger partial charge in [-0.05, 0) is 30.7 Å². The number of sulfonamides is 1. The van der Waals surface area contributed by atoms with Crippen LogP contribution in [0.2, 0.25) is 0 Å². The van der Waals surface area contributed by atoms with Gasteiger partial charge in [0.2, 0.25) is 21.7 Å². The average Bonchev–Trinajstić information content (AvgIpc) is 3.37. The fourth-order valence-electron chi connectivity index (χ4n) is 4.26. The number of rotatable bonds is 7. The molecule has 10 nitrogen and oxygen atoms in total. The maximum atomic E-state index is 13.3. The molecular formula is C24H29N5O5S. The van der Waals surface area contributed by atoms with E-state index < -0.39 is 10.0 Å². The Bertz CT molecular complexity index is 1270. The Hall–Kier alpha value is -2.99. The van der Waals surface area contributed by atoms with E-state index in [9.17, 15) is 8.42 Å². The van der Waals surface area contributed by atoms with E-state index in [4.69, 9.17) is 14.0 Å². The van der Waals surface area contributed by atoms with Crippen molar-refractivity contribution in [2.75, 3.05) is 62.8 Å². The summed E-state index contributed by atoms with van der Waals surface area (Å²) in [6.45, 7) is 6.45. The Morgan fingerprint density at radius 2 is 1.69 bits per heavy atom. The fourth-order valence-corrected chi connectivity index (χ4v) is 5.70. The van der Waals surface area contributed by atoms with Crippen LogP contribution in [0.5, 0.6) is 0 Å². The van der Waals surface area contributed by atoms with Crippen molar-refractivity contribution in [3.05, 3.63) is 53.9 Å². The van der Waals surface area contributed by atoms with Gasteiger partial charge in [-0.25, -0.2) is 8.42 Å². The molecule has 0 unspecified atom stereocenters. The lowest BCUT2D eigenvalue weighted by atomic mass is 10.1. The van der Waals surface area contributed by atoms with Crippen LogP contribution in [-0.4, -0.2) is 75.5 Å². The van der Waals surface area contributed by atoms with Gasteiger partial charge in [0.15, 0.2) is 0 Å². The first-order chi connectivity index (χ1) is 17.0. The van der Waals surface area contributed by atoms with Crippen LogP contribution in [0.4, 0.5) is 11.4 Å². The summed E-state index contributed by atoms with van der Waals surface area (Å²) in [5.41, 5.74) is 3.57. The Kier molecular flexibility index (Phi) is 7.00. The molecule has 5 rings (SSSR count). The van der Waals surface area contributed by atoms with Gasteiger partial charge in [-0.3, -0.25) is 0 Å². The van der Waals surface area contributed by atoms with Gasteiger partial charge in [0.25, 0.3) is 0 Å². The third kappa shape index (κ3) is 5.18. The number of hydrogen-bond acceptors (Lipinski definition) is 9. The maximum Gasteiger partial charge on any atom is 0.246 e. The molecule has 2 saturated heterocycles.